The monoisotopic (exact) mass is 311 g/mol. The molecular weight excluding hydrogens is 294 g/mol. The number of nitrogens with zero attached hydrogens (tertiary/aromatic N) is 1. The molecule has 1 atom stereocenters. The van der Waals surface area contributed by atoms with Gasteiger partial charge in [-0.05, 0) is 24.6 Å². The van der Waals surface area contributed by atoms with Gasteiger partial charge in [0.25, 0.3) is 0 Å². The van der Waals surface area contributed by atoms with Gasteiger partial charge >= 0.3 is 0 Å². The first-order chi connectivity index (χ1) is 8.45. The molecule has 1 unspecified atom stereocenters. The lowest BCUT2D eigenvalue weighted by atomic mass is 10.2. The Morgan fingerprint density at radius 3 is 2.83 bits per heavy atom. The van der Waals surface area contributed by atoms with E-state index in [4.69, 9.17) is 5.73 Å². The van der Waals surface area contributed by atoms with Crippen LogP contribution in [0.1, 0.15) is 6.42 Å². The van der Waals surface area contributed by atoms with Gasteiger partial charge in [0.2, 0.25) is 5.91 Å². The van der Waals surface area contributed by atoms with Crippen LogP contribution in [-0.2, 0) is 4.79 Å². The van der Waals surface area contributed by atoms with Gasteiger partial charge in [-0.2, -0.15) is 0 Å². The van der Waals surface area contributed by atoms with Crippen LogP contribution in [0.5, 0.6) is 0 Å². The molecule has 1 rings (SSSR count). The minimum absolute atomic E-state index is 0.212. The number of benzene rings is 1. The van der Waals surface area contributed by atoms with Gasteiger partial charge in [0, 0.05) is 18.6 Å². The lowest BCUT2D eigenvalue weighted by Gasteiger charge is -2.19. The third-order valence-electron chi connectivity index (χ3n) is 2.46. The molecule has 0 fully saturated rings. The summed E-state index contributed by atoms with van der Waals surface area (Å²) in [6.07, 6.45) is 2.09. The number of rotatable bonds is 5. The maximum atomic E-state index is 11.9. The first-order valence-electron chi connectivity index (χ1n) is 5.60. The summed E-state index contributed by atoms with van der Waals surface area (Å²) in [5.41, 5.74) is 7.39. The van der Waals surface area contributed by atoms with E-state index in [1.54, 1.807) is 6.08 Å². The van der Waals surface area contributed by atoms with E-state index in [0.717, 1.165) is 15.8 Å². The summed E-state index contributed by atoms with van der Waals surface area (Å²) in [4.78, 5) is 13.8. The molecule has 0 aromatic heterocycles. The summed E-state index contributed by atoms with van der Waals surface area (Å²) >= 11 is 3.39. The molecule has 0 bridgehead atoms. The fourth-order valence-corrected chi connectivity index (χ4v) is 1.87. The normalized spacial score (nSPS) is 11.8. The summed E-state index contributed by atoms with van der Waals surface area (Å²) in [5, 5.41) is 2.83. The van der Waals surface area contributed by atoms with Crippen molar-refractivity contribution in [2.75, 3.05) is 24.3 Å². The smallest absolute Gasteiger partial charge is 0.241 e. The van der Waals surface area contributed by atoms with Crippen molar-refractivity contribution in [3.05, 3.63) is 35.3 Å². The van der Waals surface area contributed by atoms with Gasteiger partial charge in [0.05, 0.1) is 17.4 Å². The van der Waals surface area contributed by atoms with Crippen LogP contribution in [0.4, 0.5) is 11.4 Å². The van der Waals surface area contributed by atoms with Gasteiger partial charge in [-0.25, -0.2) is 0 Å². The van der Waals surface area contributed by atoms with Crippen LogP contribution >= 0.6 is 15.9 Å². The molecule has 4 nitrogen and oxygen atoms in total. The third kappa shape index (κ3) is 3.85. The largest absolute Gasteiger partial charge is 0.376 e. The van der Waals surface area contributed by atoms with Gasteiger partial charge in [0.15, 0.2) is 0 Å². The Hall–Kier alpha value is -1.33. The average Bonchev–Trinajstić information content (AvgIpc) is 2.28. The van der Waals surface area contributed by atoms with Gasteiger partial charge in [0.1, 0.15) is 0 Å². The number of nitrogens with one attached hydrogen (secondary N) is 1. The van der Waals surface area contributed by atoms with Crippen molar-refractivity contribution in [3.63, 3.8) is 0 Å². The molecule has 0 spiro atoms. The number of nitrogens with two attached hydrogens (primary N) is 1. The Kier molecular flexibility index (Phi) is 5.37. The van der Waals surface area contributed by atoms with Gasteiger partial charge in [-0.15, -0.1) is 6.58 Å². The zero-order chi connectivity index (χ0) is 13.7. The summed E-state index contributed by atoms with van der Waals surface area (Å²) < 4.78 is 0.903. The minimum atomic E-state index is -0.573. The van der Waals surface area contributed by atoms with E-state index < -0.39 is 6.04 Å². The molecule has 0 saturated carbocycles. The van der Waals surface area contributed by atoms with E-state index in [1.807, 2.05) is 37.2 Å². The summed E-state index contributed by atoms with van der Waals surface area (Å²) in [7, 11) is 3.84. The Balaban J connectivity index is 2.92. The standard InChI is InChI=1S/C13H18BrN3O/c1-4-5-10(15)13(18)16-11-8-9(14)6-7-12(11)17(2)3/h4,6-8,10H,1,5,15H2,2-3H3,(H,16,18). The highest BCUT2D eigenvalue weighted by atomic mass is 79.9. The molecule has 18 heavy (non-hydrogen) atoms. The van der Waals surface area contributed by atoms with Gasteiger partial charge < -0.3 is 16.0 Å². The van der Waals surface area contributed by atoms with Crippen LogP contribution in [0, 0.1) is 0 Å². The summed E-state index contributed by atoms with van der Waals surface area (Å²) in [6.45, 7) is 3.57. The Labute approximate surface area is 116 Å². The lowest BCUT2D eigenvalue weighted by molar-refractivity contribution is -0.117. The van der Waals surface area contributed by atoms with E-state index in [-0.39, 0.29) is 5.91 Å². The molecule has 98 valence electrons. The predicted octanol–water partition coefficient (Wildman–Crippen LogP) is 2.36. The maximum absolute atomic E-state index is 11.9. The second-order valence-corrected chi connectivity index (χ2v) is 5.09. The van der Waals surface area contributed by atoms with Crippen LogP contribution in [0.2, 0.25) is 0 Å². The van der Waals surface area contributed by atoms with Crippen molar-refractivity contribution in [2.45, 2.75) is 12.5 Å². The fraction of sp³-hybridized carbons (Fsp3) is 0.308. The topological polar surface area (TPSA) is 58.4 Å². The van der Waals surface area contributed by atoms with Crippen molar-refractivity contribution >= 4 is 33.2 Å². The number of hydrogen-bond donors (Lipinski definition) is 2. The SMILES string of the molecule is C=CCC(N)C(=O)Nc1cc(Br)ccc1N(C)C. The quantitative estimate of drug-likeness (QED) is 0.821. The van der Waals surface area contributed by atoms with Crippen molar-refractivity contribution in [3.8, 4) is 0 Å². The van der Waals surface area contributed by atoms with Crippen molar-refractivity contribution in [1.29, 1.82) is 0 Å². The molecule has 5 heteroatoms. The highest BCUT2D eigenvalue weighted by molar-refractivity contribution is 9.10. The molecule has 0 aliphatic carbocycles. The highest BCUT2D eigenvalue weighted by Crippen LogP contribution is 2.28. The number of carbonyl (C=O) groups excluding carboxylic acids is 1. The van der Waals surface area contributed by atoms with Crippen LogP contribution in [0.3, 0.4) is 0 Å². The highest BCUT2D eigenvalue weighted by Gasteiger charge is 2.14. The molecule has 3 N–H and O–H groups in total. The third-order valence-corrected chi connectivity index (χ3v) is 2.95. The lowest BCUT2D eigenvalue weighted by Crippen LogP contribution is -2.35. The molecule has 0 aliphatic heterocycles. The Morgan fingerprint density at radius 2 is 2.28 bits per heavy atom. The molecule has 1 amide bonds. The number of anilines is 2. The van der Waals surface area contributed by atoms with Crippen molar-refractivity contribution in [1.82, 2.24) is 0 Å². The predicted molar refractivity (Wildman–Crippen MR) is 79.9 cm³/mol. The zero-order valence-corrected chi connectivity index (χ0v) is 12.2. The van der Waals surface area contributed by atoms with E-state index in [0.29, 0.717) is 6.42 Å². The number of halogens is 1. The van der Waals surface area contributed by atoms with Gasteiger partial charge in [-0.1, -0.05) is 22.0 Å². The number of hydrogen-bond acceptors (Lipinski definition) is 3. The van der Waals surface area contributed by atoms with Crippen LogP contribution in [-0.4, -0.2) is 26.0 Å². The maximum Gasteiger partial charge on any atom is 0.241 e. The molecule has 0 aliphatic rings. The Morgan fingerprint density at radius 1 is 1.61 bits per heavy atom. The van der Waals surface area contributed by atoms with E-state index in [2.05, 4.69) is 27.8 Å². The average molecular weight is 312 g/mol. The first kappa shape index (κ1) is 14.7. The Bertz CT molecular complexity index is 446. The number of amides is 1. The second-order valence-electron chi connectivity index (χ2n) is 4.18. The van der Waals surface area contributed by atoms with E-state index >= 15 is 0 Å². The van der Waals surface area contributed by atoms with Crippen molar-refractivity contribution in [2.24, 2.45) is 5.73 Å². The molecular formula is C13H18BrN3O. The van der Waals surface area contributed by atoms with Crippen LogP contribution < -0.4 is 16.0 Å². The molecule has 1 aromatic carbocycles. The fourth-order valence-electron chi connectivity index (χ4n) is 1.51. The molecule has 0 saturated heterocycles. The second kappa shape index (κ2) is 6.56. The summed E-state index contributed by atoms with van der Waals surface area (Å²) in [5.74, 6) is -0.212. The summed E-state index contributed by atoms with van der Waals surface area (Å²) in [6, 6.07) is 5.14. The first-order valence-corrected chi connectivity index (χ1v) is 6.39. The number of carbonyl (C=O) groups is 1. The van der Waals surface area contributed by atoms with Crippen LogP contribution in [0.15, 0.2) is 35.3 Å². The molecule has 1 aromatic rings. The van der Waals surface area contributed by atoms with E-state index in [9.17, 15) is 4.79 Å². The molecule has 0 radical (unpaired) electrons. The van der Waals surface area contributed by atoms with E-state index in [1.165, 1.54) is 0 Å². The zero-order valence-electron chi connectivity index (χ0n) is 10.6. The van der Waals surface area contributed by atoms with Gasteiger partial charge in [-0.3, -0.25) is 4.79 Å². The minimum Gasteiger partial charge on any atom is -0.376 e. The van der Waals surface area contributed by atoms with Crippen LogP contribution in [0.25, 0.3) is 0 Å². The molecule has 0 heterocycles. The van der Waals surface area contributed by atoms with Crippen molar-refractivity contribution < 1.29 is 4.79 Å².